The van der Waals surface area contributed by atoms with Gasteiger partial charge in [0, 0.05) is 16.4 Å². The maximum absolute atomic E-state index is 10.9. The van der Waals surface area contributed by atoms with Crippen molar-refractivity contribution in [1.82, 2.24) is 9.47 Å². The molecule has 0 radical (unpaired) electrons. The van der Waals surface area contributed by atoms with Gasteiger partial charge in [0.25, 0.3) is 0 Å². The Morgan fingerprint density at radius 1 is 1.29 bits per heavy atom. The summed E-state index contributed by atoms with van der Waals surface area (Å²) in [6.07, 6.45) is 0. The third kappa shape index (κ3) is 4.40. The average molecular weight is 460 g/mol. The molecule has 2 aromatic carbocycles. The second-order valence-electron chi connectivity index (χ2n) is 6.53. The third-order valence-corrected chi connectivity index (χ3v) is 5.51. The molecule has 3 N–H and O–H groups in total. The lowest BCUT2D eigenvalue weighted by molar-refractivity contribution is 0.214. The summed E-state index contributed by atoms with van der Waals surface area (Å²) in [5.41, 5.74) is 8.97. The molecule has 0 saturated heterocycles. The molecular weight excluding hydrogens is 438 g/mol. The molecule has 6 nitrogen and oxygen atoms in total. The Morgan fingerprint density at radius 2 is 2.00 bits per heavy atom. The molecule has 8 heteroatoms. The third-order valence-electron chi connectivity index (χ3n) is 4.58. The zero-order valence-electron chi connectivity index (χ0n) is 15.8. The van der Waals surface area contributed by atoms with Crippen molar-refractivity contribution >= 4 is 49.9 Å². The van der Waals surface area contributed by atoms with Crippen LogP contribution in [0.15, 0.2) is 57.2 Å². The Bertz CT molecular complexity index is 1030. The number of azo groups is 1. The van der Waals surface area contributed by atoms with Crippen molar-refractivity contribution in [3.63, 3.8) is 0 Å². The van der Waals surface area contributed by atoms with Crippen molar-refractivity contribution in [2.75, 3.05) is 6.54 Å². The highest BCUT2D eigenvalue weighted by atomic mass is 79.9. The quantitative estimate of drug-likeness (QED) is 0.390. The molecule has 0 spiro atoms. The number of rotatable bonds is 6. The lowest BCUT2D eigenvalue weighted by Crippen LogP contribution is -2.25. The van der Waals surface area contributed by atoms with Crippen LogP contribution in [0.2, 0.25) is 0 Å². The molecule has 3 aromatic rings. The number of halogens is 1. The van der Waals surface area contributed by atoms with Crippen LogP contribution in [0.25, 0.3) is 10.9 Å². The highest BCUT2D eigenvalue weighted by Crippen LogP contribution is 2.41. The molecule has 0 saturated carbocycles. The van der Waals surface area contributed by atoms with E-state index in [1.807, 2.05) is 41.8 Å². The van der Waals surface area contributed by atoms with Gasteiger partial charge >= 0.3 is 0 Å². The van der Waals surface area contributed by atoms with Crippen LogP contribution in [-0.2, 0) is 13.2 Å². The van der Waals surface area contributed by atoms with Gasteiger partial charge in [0.15, 0.2) is 5.69 Å². The fraction of sp³-hybridized carbons (Fsp3) is 0.250. The van der Waals surface area contributed by atoms with Gasteiger partial charge in [-0.1, -0.05) is 53.2 Å². The Kier molecular flexibility index (Phi) is 6.43. The van der Waals surface area contributed by atoms with Crippen LogP contribution >= 0.6 is 28.1 Å². The molecule has 0 aliphatic heterocycles. The number of aromatic nitrogens is 1. The number of fused-ring (bicyclic) bond motifs is 1. The van der Waals surface area contributed by atoms with E-state index in [0.29, 0.717) is 12.4 Å². The minimum atomic E-state index is -0.0780. The maximum atomic E-state index is 10.9. The SMILES string of the molecule is CCN(Cc1ccccc1)Cn1c(O)c(N=NC(N)=S)c2cc(Br)c(C)cc21. The first-order valence-corrected chi connectivity index (χ1v) is 10.1. The van der Waals surface area contributed by atoms with Gasteiger partial charge in [-0.2, -0.15) is 0 Å². The number of hydrogen-bond acceptors (Lipinski definition) is 4. The lowest BCUT2D eigenvalue weighted by Gasteiger charge is -2.22. The highest BCUT2D eigenvalue weighted by Gasteiger charge is 2.19. The first-order valence-electron chi connectivity index (χ1n) is 8.89. The van der Waals surface area contributed by atoms with E-state index < -0.39 is 0 Å². The Morgan fingerprint density at radius 3 is 2.64 bits per heavy atom. The summed E-state index contributed by atoms with van der Waals surface area (Å²) in [7, 11) is 0. The van der Waals surface area contributed by atoms with E-state index in [-0.39, 0.29) is 11.0 Å². The normalized spacial score (nSPS) is 11.7. The minimum absolute atomic E-state index is 0.0408. The van der Waals surface area contributed by atoms with Crippen LogP contribution in [0.4, 0.5) is 5.69 Å². The van der Waals surface area contributed by atoms with Crippen molar-refractivity contribution in [3.05, 3.63) is 58.1 Å². The van der Waals surface area contributed by atoms with Gasteiger partial charge in [-0.3, -0.25) is 9.47 Å². The number of nitrogens with two attached hydrogens (primary N) is 1. The summed E-state index contributed by atoms with van der Waals surface area (Å²) in [6.45, 7) is 6.22. The van der Waals surface area contributed by atoms with Crippen LogP contribution in [-0.4, -0.2) is 26.2 Å². The molecule has 0 fully saturated rings. The van der Waals surface area contributed by atoms with E-state index in [0.717, 1.165) is 34.0 Å². The number of aromatic hydroxyl groups is 1. The summed E-state index contributed by atoms with van der Waals surface area (Å²) in [5, 5.41) is 19.5. The number of benzene rings is 2. The second kappa shape index (κ2) is 8.81. The summed E-state index contributed by atoms with van der Waals surface area (Å²) >= 11 is 8.34. The number of nitrogens with zero attached hydrogens (tertiary/aromatic N) is 4. The Balaban J connectivity index is 2.05. The summed E-state index contributed by atoms with van der Waals surface area (Å²) < 4.78 is 2.77. The predicted octanol–water partition coefficient (Wildman–Crippen LogP) is 5.22. The molecule has 3 rings (SSSR count). The van der Waals surface area contributed by atoms with Gasteiger partial charge < -0.3 is 10.8 Å². The fourth-order valence-corrected chi connectivity index (χ4v) is 3.47. The lowest BCUT2D eigenvalue weighted by atomic mass is 10.2. The van der Waals surface area contributed by atoms with Crippen LogP contribution < -0.4 is 5.73 Å². The first-order chi connectivity index (χ1) is 13.4. The maximum Gasteiger partial charge on any atom is 0.221 e. The van der Waals surface area contributed by atoms with Crippen molar-refractivity contribution in [1.29, 1.82) is 0 Å². The molecule has 0 amide bonds. The number of hydrogen-bond donors (Lipinski definition) is 2. The summed E-state index contributed by atoms with van der Waals surface area (Å²) in [6, 6.07) is 14.2. The van der Waals surface area contributed by atoms with Gasteiger partial charge in [-0.15, -0.1) is 10.2 Å². The van der Waals surface area contributed by atoms with Crippen LogP contribution in [0.3, 0.4) is 0 Å². The van der Waals surface area contributed by atoms with Gasteiger partial charge in [0.05, 0.1) is 12.2 Å². The van der Waals surface area contributed by atoms with E-state index in [2.05, 4.69) is 50.1 Å². The van der Waals surface area contributed by atoms with E-state index >= 15 is 0 Å². The molecule has 0 unspecified atom stereocenters. The topological polar surface area (TPSA) is 79.1 Å². The monoisotopic (exact) mass is 459 g/mol. The van der Waals surface area contributed by atoms with Crippen LogP contribution in [0, 0.1) is 6.92 Å². The molecule has 0 aliphatic carbocycles. The van der Waals surface area contributed by atoms with Gasteiger partial charge in [0.2, 0.25) is 11.0 Å². The molecule has 0 aliphatic rings. The highest BCUT2D eigenvalue weighted by molar-refractivity contribution is 9.10. The second-order valence-corrected chi connectivity index (χ2v) is 7.80. The van der Waals surface area contributed by atoms with Crippen LogP contribution in [0.1, 0.15) is 18.1 Å². The van der Waals surface area contributed by atoms with E-state index in [4.69, 9.17) is 18.0 Å². The minimum Gasteiger partial charge on any atom is -0.493 e. The molecule has 0 atom stereocenters. The molecule has 1 heterocycles. The number of aryl methyl sites for hydroxylation is 1. The smallest absolute Gasteiger partial charge is 0.221 e. The number of thiocarbonyl (C=S) groups is 1. The zero-order valence-corrected chi connectivity index (χ0v) is 18.2. The molecule has 1 aromatic heterocycles. The van der Waals surface area contributed by atoms with Crippen molar-refractivity contribution in [3.8, 4) is 5.88 Å². The van der Waals surface area contributed by atoms with Crippen LogP contribution in [0.5, 0.6) is 5.88 Å². The molecule has 146 valence electrons. The standard InChI is InChI=1S/C20H22BrN5OS/c1-3-25(11-14-7-5-4-6-8-14)12-26-17-9-13(2)16(21)10-15(17)18(19(26)27)23-24-20(22)28/h4-10,27H,3,11-12H2,1-2H3,(H2,22,28). The van der Waals surface area contributed by atoms with Gasteiger partial charge in [-0.05, 0) is 48.9 Å². The van der Waals surface area contributed by atoms with Gasteiger partial charge in [-0.25, -0.2) is 0 Å². The predicted molar refractivity (Wildman–Crippen MR) is 120 cm³/mol. The summed E-state index contributed by atoms with van der Waals surface area (Å²) in [5.74, 6) is 0.0408. The zero-order chi connectivity index (χ0) is 20.3. The van der Waals surface area contributed by atoms with E-state index in [1.54, 1.807) is 0 Å². The first kappa shape index (κ1) is 20.4. The Labute approximate surface area is 177 Å². The van der Waals surface area contributed by atoms with Crippen molar-refractivity contribution in [2.24, 2.45) is 16.0 Å². The molecular formula is C20H22BrN5OS. The van der Waals surface area contributed by atoms with Gasteiger partial charge in [0.1, 0.15) is 0 Å². The molecule has 28 heavy (non-hydrogen) atoms. The fourth-order valence-electron chi connectivity index (χ4n) is 3.09. The largest absolute Gasteiger partial charge is 0.493 e. The average Bonchev–Trinajstić information content (AvgIpc) is 2.91. The van der Waals surface area contributed by atoms with E-state index in [9.17, 15) is 5.11 Å². The van der Waals surface area contributed by atoms with E-state index in [1.165, 1.54) is 5.56 Å². The Hall–Kier alpha value is -2.29. The van der Waals surface area contributed by atoms with Crippen molar-refractivity contribution < 1.29 is 5.11 Å². The summed E-state index contributed by atoms with van der Waals surface area (Å²) in [4.78, 5) is 2.24. The molecule has 0 bridgehead atoms. The van der Waals surface area contributed by atoms with Crippen molar-refractivity contribution in [2.45, 2.75) is 27.1 Å².